The molecule has 0 radical (unpaired) electrons. The molecule has 0 spiro atoms. The zero-order chi connectivity index (χ0) is 25.7. The van der Waals surface area contributed by atoms with E-state index in [0.717, 1.165) is 11.8 Å². The highest BCUT2D eigenvalue weighted by Gasteiger charge is 2.42. The maximum absolute atomic E-state index is 13.9. The molecule has 1 atom stereocenters. The number of carbonyl (C=O) groups excluding carboxylic acids is 1. The molecular formula is C25H21ClF3N7O. The van der Waals surface area contributed by atoms with Gasteiger partial charge in [0.2, 0.25) is 5.91 Å². The summed E-state index contributed by atoms with van der Waals surface area (Å²) in [6.07, 6.45) is 6.76. The third-order valence-corrected chi connectivity index (χ3v) is 6.66. The van der Waals surface area contributed by atoms with E-state index in [1.165, 1.54) is 35.6 Å². The molecule has 1 fully saturated rings. The van der Waals surface area contributed by atoms with Gasteiger partial charge in [0.25, 0.3) is 0 Å². The summed E-state index contributed by atoms with van der Waals surface area (Å²) in [6, 6.07) is 5.04. The van der Waals surface area contributed by atoms with E-state index in [1.807, 2.05) is 22.9 Å². The molecule has 0 aliphatic heterocycles. The van der Waals surface area contributed by atoms with Crippen molar-refractivity contribution in [2.45, 2.75) is 43.9 Å². The van der Waals surface area contributed by atoms with Crippen molar-refractivity contribution in [3.05, 3.63) is 89.1 Å². The lowest BCUT2D eigenvalue weighted by atomic mass is 10.1. The number of alkyl halides is 3. The SMILES string of the molecule is O=C(Cc1ncn2ccc(Cl)cc12)NC(c1cnn(Cc2cn3cc(C4CC4)ccc3n2)c1)C(F)(F)F. The highest BCUT2D eigenvalue weighted by molar-refractivity contribution is 6.30. The molecule has 12 heteroatoms. The number of amides is 1. The van der Waals surface area contributed by atoms with E-state index in [1.54, 1.807) is 22.7 Å². The molecule has 0 bridgehead atoms. The number of fused-ring (bicyclic) bond motifs is 2. The Bertz CT molecular complexity index is 1620. The van der Waals surface area contributed by atoms with E-state index in [4.69, 9.17) is 11.6 Å². The van der Waals surface area contributed by atoms with Gasteiger partial charge in [-0.15, -0.1) is 0 Å². The number of nitrogens with zero attached hydrogens (tertiary/aromatic N) is 6. The quantitative estimate of drug-likeness (QED) is 0.332. The van der Waals surface area contributed by atoms with E-state index in [-0.39, 0.29) is 18.5 Å². The average molecular weight is 528 g/mol. The van der Waals surface area contributed by atoms with Crippen molar-refractivity contribution in [1.29, 1.82) is 0 Å². The van der Waals surface area contributed by atoms with Gasteiger partial charge in [-0.25, -0.2) is 9.97 Å². The predicted molar refractivity (Wildman–Crippen MR) is 129 cm³/mol. The minimum absolute atomic E-state index is 0.168. The summed E-state index contributed by atoms with van der Waals surface area (Å²) >= 11 is 6.01. The van der Waals surface area contributed by atoms with E-state index in [9.17, 15) is 18.0 Å². The average Bonchev–Trinajstić information content (AvgIpc) is 3.28. The van der Waals surface area contributed by atoms with Crippen molar-refractivity contribution in [3.63, 3.8) is 0 Å². The Morgan fingerprint density at radius 1 is 1.16 bits per heavy atom. The van der Waals surface area contributed by atoms with Crippen molar-refractivity contribution < 1.29 is 18.0 Å². The van der Waals surface area contributed by atoms with Crippen LogP contribution in [0, 0.1) is 0 Å². The molecule has 1 amide bonds. The minimum atomic E-state index is -4.72. The second-order valence-corrected chi connectivity index (χ2v) is 9.69. The van der Waals surface area contributed by atoms with Crippen molar-refractivity contribution in [1.82, 2.24) is 33.9 Å². The molecule has 37 heavy (non-hydrogen) atoms. The normalized spacial score (nSPS) is 14.9. The molecule has 6 rings (SSSR count). The summed E-state index contributed by atoms with van der Waals surface area (Å²) < 4.78 is 46.7. The summed E-state index contributed by atoms with van der Waals surface area (Å²) in [5, 5.41) is 6.62. The Balaban J connectivity index is 1.18. The van der Waals surface area contributed by atoms with Gasteiger partial charge >= 0.3 is 6.18 Å². The fraction of sp³-hybridized carbons (Fsp3) is 0.280. The van der Waals surface area contributed by atoms with Crippen molar-refractivity contribution >= 4 is 28.7 Å². The van der Waals surface area contributed by atoms with Crippen molar-refractivity contribution in [3.8, 4) is 0 Å². The lowest BCUT2D eigenvalue weighted by Gasteiger charge is -2.20. The Hall–Kier alpha value is -3.86. The number of hydrogen-bond acceptors (Lipinski definition) is 4. The molecule has 8 nitrogen and oxygen atoms in total. The fourth-order valence-electron chi connectivity index (χ4n) is 4.45. The van der Waals surface area contributed by atoms with Crippen LogP contribution < -0.4 is 5.32 Å². The molecule has 0 saturated heterocycles. The third-order valence-electron chi connectivity index (χ3n) is 6.42. The van der Waals surface area contributed by atoms with Crippen molar-refractivity contribution in [2.75, 3.05) is 0 Å². The fourth-order valence-corrected chi connectivity index (χ4v) is 4.61. The molecule has 1 unspecified atom stereocenters. The van der Waals surface area contributed by atoms with Crippen LogP contribution in [-0.2, 0) is 17.8 Å². The summed E-state index contributed by atoms with van der Waals surface area (Å²) in [7, 11) is 0. The van der Waals surface area contributed by atoms with Gasteiger partial charge in [-0.3, -0.25) is 9.48 Å². The zero-order valence-electron chi connectivity index (χ0n) is 19.4. The van der Waals surface area contributed by atoms with Crippen LogP contribution >= 0.6 is 11.6 Å². The molecule has 0 aromatic carbocycles. The summed E-state index contributed by atoms with van der Waals surface area (Å²) in [6.45, 7) is 0.195. The predicted octanol–water partition coefficient (Wildman–Crippen LogP) is 4.72. The maximum atomic E-state index is 13.9. The monoisotopic (exact) mass is 527 g/mol. The van der Waals surface area contributed by atoms with Crippen molar-refractivity contribution in [2.24, 2.45) is 0 Å². The standard InChI is InChI=1S/C25H21ClF3N7O/c26-18-5-6-34-14-30-20(21(34)7-18)8-23(37)33-24(25(27,28)29)17-9-31-36(11-17)13-19-12-35-10-16(15-1-2-15)3-4-22(35)32-19/h3-7,9-12,14-15,24H,1-2,8,13H2,(H,33,37). The first-order valence-electron chi connectivity index (χ1n) is 11.7. The maximum Gasteiger partial charge on any atom is 0.412 e. The number of nitrogens with one attached hydrogen (secondary N) is 1. The molecule has 1 aliphatic rings. The number of halogens is 4. The van der Waals surface area contributed by atoms with Gasteiger partial charge in [-0.1, -0.05) is 17.7 Å². The third kappa shape index (κ3) is 4.91. The molecule has 1 aliphatic carbocycles. The van der Waals surface area contributed by atoms with Gasteiger partial charge in [-0.05, 0) is 42.5 Å². The summed E-state index contributed by atoms with van der Waals surface area (Å²) in [5.74, 6) is -0.217. The van der Waals surface area contributed by atoms with Crippen LogP contribution in [0.25, 0.3) is 11.2 Å². The number of rotatable bonds is 7. The summed E-state index contributed by atoms with van der Waals surface area (Å²) in [5.41, 5.74) is 3.40. The molecule has 1 N–H and O–H groups in total. The number of pyridine rings is 2. The van der Waals surface area contributed by atoms with E-state index in [2.05, 4.69) is 26.4 Å². The lowest BCUT2D eigenvalue weighted by molar-refractivity contribution is -0.163. The van der Waals surface area contributed by atoms with Gasteiger partial charge in [0.05, 0.1) is 42.4 Å². The first-order valence-corrected chi connectivity index (χ1v) is 12.1. The van der Waals surface area contributed by atoms with Gasteiger partial charge in [0.15, 0.2) is 6.04 Å². The van der Waals surface area contributed by atoms with Crippen LogP contribution in [0.4, 0.5) is 13.2 Å². The lowest BCUT2D eigenvalue weighted by Crippen LogP contribution is -2.38. The molecule has 5 heterocycles. The zero-order valence-corrected chi connectivity index (χ0v) is 20.1. The van der Waals surface area contributed by atoms with E-state index in [0.29, 0.717) is 27.8 Å². The van der Waals surface area contributed by atoms with E-state index < -0.39 is 18.1 Å². The molecule has 1 saturated carbocycles. The first-order chi connectivity index (χ1) is 17.7. The van der Waals surface area contributed by atoms with Gasteiger partial charge in [0.1, 0.15) is 5.65 Å². The first kappa shape index (κ1) is 23.5. The number of hydrogen-bond donors (Lipinski definition) is 1. The molecular weight excluding hydrogens is 507 g/mol. The van der Waals surface area contributed by atoms with Gasteiger partial charge < -0.3 is 14.1 Å². The topological polar surface area (TPSA) is 81.5 Å². The second kappa shape index (κ2) is 8.91. The number of imidazole rings is 2. The van der Waals surface area contributed by atoms with Crippen LogP contribution in [0.1, 0.15) is 47.3 Å². The molecule has 5 aromatic heterocycles. The highest BCUT2D eigenvalue weighted by Crippen LogP contribution is 2.40. The summed E-state index contributed by atoms with van der Waals surface area (Å²) in [4.78, 5) is 21.3. The molecule has 190 valence electrons. The highest BCUT2D eigenvalue weighted by atomic mass is 35.5. The largest absolute Gasteiger partial charge is 0.412 e. The second-order valence-electron chi connectivity index (χ2n) is 9.25. The Labute approximate surface area is 213 Å². The Kier molecular flexibility index (Phi) is 5.67. The van der Waals surface area contributed by atoms with Gasteiger partial charge in [-0.2, -0.15) is 18.3 Å². The van der Waals surface area contributed by atoms with Crippen LogP contribution in [0.3, 0.4) is 0 Å². The van der Waals surface area contributed by atoms with Gasteiger partial charge in [0, 0.05) is 35.4 Å². The number of carbonyl (C=O) groups is 1. The number of aromatic nitrogens is 6. The van der Waals surface area contributed by atoms with Crippen LogP contribution in [0.15, 0.2) is 61.6 Å². The van der Waals surface area contributed by atoms with Crippen LogP contribution in [-0.4, -0.2) is 40.6 Å². The molecule has 5 aromatic rings. The minimum Gasteiger partial charge on any atom is -0.340 e. The smallest absolute Gasteiger partial charge is 0.340 e. The Morgan fingerprint density at radius 2 is 2.00 bits per heavy atom. The van der Waals surface area contributed by atoms with Crippen LogP contribution in [0.2, 0.25) is 5.02 Å². The Morgan fingerprint density at radius 3 is 2.78 bits per heavy atom. The van der Waals surface area contributed by atoms with E-state index >= 15 is 0 Å². The van der Waals surface area contributed by atoms with Crippen LogP contribution in [0.5, 0.6) is 0 Å².